The second-order valence-corrected chi connectivity index (χ2v) is 7.81. The topological polar surface area (TPSA) is 55.1 Å². The average molecular weight is 339 g/mol. The van der Waals surface area contributed by atoms with Gasteiger partial charge in [-0.05, 0) is 62.0 Å². The molecule has 0 aromatic heterocycles. The zero-order valence-electron chi connectivity index (χ0n) is 12.8. The molecule has 2 fully saturated rings. The fourth-order valence-electron chi connectivity index (χ4n) is 4.06. The number of halogens is 1. The fourth-order valence-corrected chi connectivity index (χ4v) is 4.70. The lowest BCUT2D eigenvalue weighted by atomic mass is 9.67. The first-order chi connectivity index (χ1) is 10.6. The van der Waals surface area contributed by atoms with Crippen molar-refractivity contribution >= 4 is 29.3 Å². The molecule has 120 valence electrons. The van der Waals surface area contributed by atoms with E-state index in [4.69, 9.17) is 17.3 Å². The molecule has 2 atom stereocenters. The summed E-state index contributed by atoms with van der Waals surface area (Å²) < 4.78 is 0. The van der Waals surface area contributed by atoms with Crippen LogP contribution in [0.25, 0.3) is 0 Å². The number of thioether (sulfide) groups is 1. The number of nitrogens with two attached hydrogens (primary N) is 1. The van der Waals surface area contributed by atoms with Gasteiger partial charge in [0.2, 0.25) is 0 Å². The molecule has 2 saturated carbocycles. The van der Waals surface area contributed by atoms with Crippen LogP contribution in [0, 0.1) is 11.8 Å². The summed E-state index contributed by atoms with van der Waals surface area (Å²) in [5, 5.41) is 3.78. The van der Waals surface area contributed by atoms with E-state index in [1.807, 2.05) is 18.4 Å². The zero-order chi connectivity index (χ0) is 15.7. The van der Waals surface area contributed by atoms with Gasteiger partial charge in [-0.25, -0.2) is 0 Å². The van der Waals surface area contributed by atoms with E-state index < -0.39 is 0 Å². The Kier molecular flexibility index (Phi) is 5.00. The quantitative estimate of drug-likeness (QED) is 0.826. The molecule has 22 heavy (non-hydrogen) atoms. The summed E-state index contributed by atoms with van der Waals surface area (Å²) in [6.07, 6.45) is 7.66. The van der Waals surface area contributed by atoms with E-state index in [9.17, 15) is 4.79 Å². The van der Waals surface area contributed by atoms with Crippen molar-refractivity contribution in [3.05, 3.63) is 28.8 Å². The van der Waals surface area contributed by atoms with E-state index in [2.05, 4.69) is 5.32 Å². The zero-order valence-corrected chi connectivity index (χ0v) is 14.4. The van der Waals surface area contributed by atoms with Crippen molar-refractivity contribution < 1.29 is 4.79 Å². The second-order valence-electron chi connectivity index (χ2n) is 6.53. The Balaban J connectivity index is 1.76. The van der Waals surface area contributed by atoms with Crippen LogP contribution in [-0.2, 0) is 0 Å². The van der Waals surface area contributed by atoms with Gasteiger partial charge in [0.25, 0.3) is 5.91 Å². The molecular formula is C17H23ClN2OS. The van der Waals surface area contributed by atoms with Crippen LogP contribution >= 0.6 is 23.4 Å². The highest BCUT2D eigenvalue weighted by Crippen LogP contribution is 2.40. The Morgan fingerprint density at radius 2 is 2.00 bits per heavy atom. The summed E-state index contributed by atoms with van der Waals surface area (Å²) in [5.41, 5.74) is 6.74. The van der Waals surface area contributed by atoms with Crippen LogP contribution in [0.1, 0.15) is 42.5 Å². The molecule has 2 aliphatic rings. The Hall–Kier alpha value is -0.710. The van der Waals surface area contributed by atoms with Gasteiger partial charge in [-0.1, -0.05) is 18.0 Å². The molecule has 2 bridgehead atoms. The van der Waals surface area contributed by atoms with Gasteiger partial charge in [-0.3, -0.25) is 4.79 Å². The van der Waals surface area contributed by atoms with Crippen LogP contribution in [0.5, 0.6) is 0 Å². The first-order valence-corrected chi connectivity index (χ1v) is 9.58. The second kappa shape index (κ2) is 6.81. The van der Waals surface area contributed by atoms with Gasteiger partial charge in [0.1, 0.15) is 0 Å². The third kappa shape index (κ3) is 3.29. The number of nitrogens with one attached hydrogen (secondary N) is 1. The van der Waals surface area contributed by atoms with E-state index in [-0.39, 0.29) is 11.9 Å². The summed E-state index contributed by atoms with van der Waals surface area (Å²) in [4.78, 5) is 13.7. The first-order valence-electron chi connectivity index (χ1n) is 7.98. The molecule has 3 nitrogen and oxygen atoms in total. The van der Waals surface area contributed by atoms with E-state index >= 15 is 0 Å². The minimum Gasteiger partial charge on any atom is -0.349 e. The molecule has 0 aliphatic heterocycles. The number of hydrogen-bond acceptors (Lipinski definition) is 3. The number of amides is 1. The van der Waals surface area contributed by atoms with Crippen molar-refractivity contribution in [1.29, 1.82) is 0 Å². The van der Waals surface area contributed by atoms with Gasteiger partial charge in [0, 0.05) is 17.0 Å². The maximum absolute atomic E-state index is 12.7. The predicted octanol–water partition coefficient (Wildman–Crippen LogP) is 3.70. The third-order valence-corrected chi connectivity index (χ3v) is 6.15. The number of benzene rings is 1. The first kappa shape index (κ1) is 16.2. The Labute approximate surface area is 141 Å². The lowest BCUT2D eigenvalue weighted by Gasteiger charge is -2.45. The largest absolute Gasteiger partial charge is 0.349 e. The van der Waals surface area contributed by atoms with Gasteiger partial charge in [0.05, 0.1) is 10.6 Å². The molecule has 0 spiro atoms. The van der Waals surface area contributed by atoms with E-state index in [0.29, 0.717) is 28.5 Å². The molecule has 1 amide bonds. The van der Waals surface area contributed by atoms with Crippen molar-refractivity contribution in [3.63, 3.8) is 0 Å². The maximum atomic E-state index is 12.7. The van der Waals surface area contributed by atoms with Crippen molar-refractivity contribution in [2.75, 3.05) is 6.26 Å². The highest BCUT2D eigenvalue weighted by atomic mass is 35.5. The van der Waals surface area contributed by atoms with Crippen LogP contribution < -0.4 is 11.1 Å². The van der Waals surface area contributed by atoms with Gasteiger partial charge < -0.3 is 11.1 Å². The summed E-state index contributed by atoms with van der Waals surface area (Å²) in [7, 11) is 0. The van der Waals surface area contributed by atoms with Gasteiger partial charge in [0.15, 0.2) is 0 Å². The predicted molar refractivity (Wildman–Crippen MR) is 92.5 cm³/mol. The van der Waals surface area contributed by atoms with Crippen molar-refractivity contribution in [1.82, 2.24) is 5.32 Å². The third-order valence-electron chi connectivity index (χ3n) is 5.09. The minimum atomic E-state index is -0.0433. The Morgan fingerprint density at radius 1 is 1.32 bits per heavy atom. The summed E-state index contributed by atoms with van der Waals surface area (Å²) >= 11 is 7.84. The van der Waals surface area contributed by atoms with E-state index in [1.54, 1.807) is 17.8 Å². The van der Waals surface area contributed by atoms with Crippen LogP contribution in [0.15, 0.2) is 23.1 Å². The molecule has 3 rings (SSSR count). The molecule has 0 radical (unpaired) electrons. The van der Waals surface area contributed by atoms with Crippen LogP contribution in [0.2, 0.25) is 5.02 Å². The minimum absolute atomic E-state index is 0.0433. The summed E-state index contributed by atoms with van der Waals surface area (Å²) in [5.74, 6) is 1.00. The highest BCUT2D eigenvalue weighted by Gasteiger charge is 2.40. The highest BCUT2D eigenvalue weighted by molar-refractivity contribution is 7.98. The lowest BCUT2D eigenvalue weighted by molar-refractivity contribution is 0.0756. The average Bonchev–Trinajstić information content (AvgIpc) is 2.48. The molecule has 2 unspecified atom stereocenters. The van der Waals surface area contributed by atoms with Crippen molar-refractivity contribution in [3.8, 4) is 0 Å². The van der Waals surface area contributed by atoms with Crippen LogP contribution in [-0.4, -0.2) is 24.2 Å². The fraction of sp³-hybridized carbons (Fsp3) is 0.588. The molecular weight excluding hydrogens is 316 g/mol. The molecule has 1 aromatic rings. The van der Waals surface area contributed by atoms with E-state index in [0.717, 1.165) is 17.7 Å². The van der Waals surface area contributed by atoms with Gasteiger partial charge in [-0.15, -0.1) is 11.8 Å². The normalized spacial score (nSPS) is 30.9. The lowest BCUT2D eigenvalue weighted by Crippen LogP contribution is -2.53. The SMILES string of the molecule is CSc1ccc(Cl)c(C(=O)NC2C3CCCC2CC(N)C3)c1. The molecule has 3 N–H and O–H groups in total. The number of fused-ring (bicyclic) bond motifs is 2. The maximum Gasteiger partial charge on any atom is 0.253 e. The molecule has 1 aromatic carbocycles. The summed E-state index contributed by atoms with van der Waals surface area (Å²) in [6, 6.07) is 6.19. The standard InChI is InChI=1S/C17H23ClN2OS/c1-22-13-5-6-15(18)14(9-13)17(21)20-16-10-3-2-4-11(16)8-12(19)7-10/h5-6,9-12,16H,2-4,7-8,19H2,1H3,(H,20,21). The van der Waals surface area contributed by atoms with Gasteiger partial charge in [-0.2, -0.15) is 0 Å². The molecule has 0 heterocycles. The van der Waals surface area contributed by atoms with Crippen molar-refractivity contribution in [2.45, 2.75) is 49.1 Å². The monoisotopic (exact) mass is 338 g/mol. The number of hydrogen-bond donors (Lipinski definition) is 2. The smallest absolute Gasteiger partial charge is 0.253 e. The van der Waals surface area contributed by atoms with Crippen LogP contribution in [0.4, 0.5) is 0 Å². The summed E-state index contributed by atoms with van der Waals surface area (Å²) in [6.45, 7) is 0. The van der Waals surface area contributed by atoms with Gasteiger partial charge >= 0.3 is 0 Å². The number of rotatable bonds is 3. The molecule has 5 heteroatoms. The number of carbonyl (C=O) groups is 1. The van der Waals surface area contributed by atoms with Crippen molar-refractivity contribution in [2.24, 2.45) is 17.6 Å². The van der Waals surface area contributed by atoms with E-state index in [1.165, 1.54) is 19.3 Å². The Bertz CT molecular complexity index is 552. The Morgan fingerprint density at radius 3 is 2.64 bits per heavy atom. The molecule has 0 saturated heterocycles. The molecule has 2 aliphatic carbocycles. The van der Waals surface area contributed by atoms with Crippen LogP contribution in [0.3, 0.4) is 0 Å². The number of carbonyl (C=O) groups excluding carboxylic acids is 1.